The van der Waals surface area contributed by atoms with Gasteiger partial charge in [-0.15, -0.1) is 5.10 Å². The second-order valence-corrected chi connectivity index (χ2v) is 6.62. The number of benzene rings is 2. The van der Waals surface area contributed by atoms with Crippen LogP contribution in [0.5, 0.6) is 0 Å². The Morgan fingerprint density at radius 3 is 2.46 bits per heavy atom. The van der Waals surface area contributed by atoms with Gasteiger partial charge in [0.1, 0.15) is 12.2 Å². The number of amides is 1. The minimum absolute atomic E-state index is 0.0664. The van der Waals surface area contributed by atoms with Crippen molar-refractivity contribution in [3.63, 3.8) is 0 Å². The molecule has 0 saturated heterocycles. The van der Waals surface area contributed by atoms with Gasteiger partial charge in [0.15, 0.2) is 0 Å². The second-order valence-electron chi connectivity index (χ2n) is 5.70. The number of halogens is 1. The average molecular weight is 415 g/mol. The van der Waals surface area contributed by atoms with E-state index in [2.05, 4.69) is 31.6 Å². The van der Waals surface area contributed by atoms with Crippen LogP contribution in [0.2, 0.25) is 0 Å². The summed E-state index contributed by atoms with van der Waals surface area (Å²) >= 11 is 3.38. The molecule has 0 unspecified atom stereocenters. The number of aromatic nitrogens is 3. The average Bonchev–Trinajstić information content (AvgIpc) is 3.09. The number of rotatable bonds is 6. The third-order valence-electron chi connectivity index (χ3n) is 3.75. The Kier molecular flexibility index (Phi) is 5.82. The molecule has 132 valence electrons. The Morgan fingerprint density at radius 1 is 1.12 bits per heavy atom. The van der Waals surface area contributed by atoms with E-state index in [1.54, 1.807) is 30.5 Å². The molecule has 0 bridgehead atoms. The summed E-state index contributed by atoms with van der Waals surface area (Å²) in [5.41, 5.74) is 2.88. The molecule has 1 heterocycles. The second kappa shape index (κ2) is 8.26. The van der Waals surface area contributed by atoms with E-state index in [0.29, 0.717) is 17.7 Å². The van der Waals surface area contributed by atoms with E-state index in [4.69, 9.17) is 10.0 Å². The van der Waals surface area contributed by atoms with Gasteiger partial charge in [-0.2, -0.15) is 0 Å². The van der Waals surface area contributed by atoms with Gasteiger partial charge in [-0.1, -0.05) is 57.5 Å². The van der Waals surface area contributed by atoms with Gasteiger partial charge in [-0.05, 0) is 23.2 Å². The molecule has 0 fully saturated rings. The van der Waals surface area contributed by atoms with Crippen LogP contribution in [0.3, 0.4) is 0 Å². The maximum atomic E-state index is 12.1. The quantitative estimate of drug-likeness (QED) is 0.515. The summed E-state index contributed by atoms with van der Waals surface area (Å²) in [5.74, 6) is -0.191. The Morgan fingerprint density at radius 2 is 1.81 bits per heavy atom. The maximum absolute atomic E-state index is 12.1. The van der Waals surface area contributed by atoms with Crippen molar-refractivity contribution in [3.8, 4) is 11.3 Å². The van der Waals surface area contributed by atoms with Crippen LogP contribution >= 0.6 is 15.9 Å². The Bertz CT molecular complexity index is 882. The Hall–Kier alpha value is -2.49. The number of nitrogens with one attached hydrogen (secondary N) is 1. The van der Waals surface area contributed by atoms with Crippen LogP contribution in [-0.2, 0) is 17.9 Å². The summed E-state index contributed by atoms with van der Waals surface area (Å²) in [7, 11) is -1.49. The van der Waals surface area contributed by atoms with E-state index in [1.165, 1.54) is 4.68 Å². The van der Waals surface area contributed by atoms with Crippen molar-refractivity contribution < 1.29 is 14.8 Å². The van der Waals surface area contributed by atoms with Crippen LogP contribution < -0.4 is 10.8 Å². The molecular formula is C17H16BBrN4O3. The third kappa shape index (κ3) is 4.78. The van der Waals surface area contributed by atoms with E-state index in [1.807, 2.05) is 24.3 Å². The van der Waals surface area contributed by atoms with Gasteiger partial charge in [0.2, 0.25) is 5.91 Å². The summed E-state index contributed by atoms with van der Waals surface area (Å²) in [5, 5.41) is 29.0. The van der Waals surface area contributed by atoms with Crippen LogP contribution in [0.4, 0.5) is 0 Å². The van der Waals surface area contributed by atoms with Gasteiger partial charge in [0, 0.05) is 16.6 Å². The summed E-state index contributed by atoms with van der Waals surface area (Å²) in [6, 6.07) is 14.4. The van der Waals surface area contributed by atoms with Crippen LogP contribution in [0, 0.1) is 0 Å². The molecule has 2 aromatic carbocycles. The first-order valence-corrected chi connectivity index (χ1v) is 8.68. The molecule has 0 aliphatic carbocycles. The van der Waals surface area contributed by atoms with Gasteiger partial charge >= 0.3 is 7.12 Å². The molecule has 3 rings (SSSR count). The fraction of sp³-hybridized carbons (Fsp3) is 0.118. The number of nitrogens with zero attached hydrogens (tertiary/aromatic N) is 3. The van der Waals surface area contributed by atoms with E-state index in [9.17, 15) is 4.79 Å². The fourth-order valence-corrected chi connectivity index (χ4v) is 2.60. The first-order valence-electron chi connectivity index (χ1n) is 7.89. The van der Waals surface area contributed by atoms with Crippen molar-refractivity contribution >= 4 is 34.4 Å². The highest BCUT2D eigenvalue weighted by atomic mass is 79.9. The predicted molar refractivity (Wildman–Crippen MR) is 101 cm³/mol. The van der Waals surface area contributed by atoms with Crippen molar-refractivity contribution in [1.82, 2.24) is 20.3 Å². The summed E-state index contributed by atoms with van der Waals surface area (Å²) in [6.07, 6.45) is 1.72. The molecule has 1 aromatic heterocycles. The predicted octanol–water partition coefficient (Wildman–Crippen LogP) is 0.704. The molecule has 0 aliphatic heterocycles. The molecule has 3 N–H and O–H groups in total. The zero-order chi connectivity index (χ0) is 18.5. The van der Waals surface area contributed by atoms with Crippen molar-refractivity contribution in [2.75, 3.05) is 0 Å². The lowest BCUT2D eigenvalue weighted by molar-refractivity contribution is -0.122. The van der Waals surface area contributed by atoms with Crippen molar-refractivity contribution in [2.24, 2.45) is 0 Å². The normalized spacial score (nSPS) is 10.6. The number of carbonyl (C=O) groups excluding carboxylic acids is 1. The Balaban J connectivity index is 1.54. The monoisotopic (exact) mass is 414 g/mol. The van der Waals surface area contributed by atoms with E-state index < -0.39 is 7.12 Å². The van der Waals surface area contributed by atoms with Crippen LogP contribution in [0.15, 0.2) is 59.2 Å². The van der Waals surface area contributed by atoms with Crippen LogP contribution in [0.25, 0.3) is 11.3 Å². The highest BCUT2D eigenvalue weighted by Gasteiger charge is 2.10. The lowest BCUT2D eigenvalue weighted by Gasteiger charge is -2.06. The summed E-state index contributed by atoms with van der Waals surface area (Å²) in [4.78, 5) is 12.1. The highest BCUT2D eigenvalue weighted by molar-refractivity contribution is 9.10. The van der Waals surface area contributed by atoms with E-state index in [-0.39, 0.29) is 12.5 Å². The van der Waals surface area contributed by atoms with Gasteiger partial charge in [-0.3, -0.25) is 4.79 Å². The fourth-order valence-electron chi connectivity index (χ4n) is 2.34. The zero-order valence-electron chi connectivity index (χ0n) is 13.7. The largest absolute Gasteiger partial charge is 0.488 e. The lowest BCUT2D eigenvalue weighted by Crippen LogP contribution is -2.30. The molecule has 9 heteroatoms. The molecule has 0 aliphatic rings. The molecule has 0 spiro atoms. The number of hydrogen-bond acceptors (Lipinski definition) is 5. The SMILES string of the molecule is O=C(Cn1cc(-c2ccc(Br)cc2)nn1)NCc1ccc(B(O)O)cc1. The molecule has 0 radical (unpaired) electrons. The topological polar surface area (TPSA) is 100 Å². The third-order valence-corrected chi connectivity index (χ3v) is 4.28. The van der Waals surface area contributed by atoms with Crippen LogP contribution in [0.1, 0.15) is 5.56 Å². The number of hydrogen-bond donors (Lipinski definition) is 3. The molecule has 1 amide bonds. The molecule has 3 aromatic rings. The summed E-state index contributed by atoms with van der Waals surface area (Å²) < 4.78 is 2.47. The van der Waals surface area contributed by atoms with Gasteiger partial charge < -0.3 is 15.4 Å². The maximum Gasteiger partial charge on any atom is 0.488 e. The summed E-state index contributed by atoms with van der Waals surface area (Å²) in [6.45, 7) is 0.409. The van der Waals surface area contributed by atoms with Gasteiger partial charge in [0.05, 0.1) is 6.20 Å². The van der Waals surface area contributed by atoms with Crippen molar-refractivity contribution in [1.29, 1.82) is 0 Å². The van der Waals surface area contributed by atoms with Crippen LogP contribution in [-0.4, -0.2) is 38.1 Å². The first-order chi connectivity index (χ1) is 12.5. The van der Waals surface area contributed by atoms with Crippen molar-refractivity contribution in [2.45, 2.75) is 13.1 Å². The standard InChI is InChI=1S/C17H16BBrN4O3/c19-15-7-3-13(4-8-15)16-10-23(22-21-16)11-17(24)20-9-12-1-5-14(6-2-12)18(25)26/h1-8,10,25-26H,9,11H2,(H,20,24). The number of carbonyl (C=O) groups is 1. The first kappa shape index (κ1) is 18.3. The van der Waals surface area contributed by atoms with E-state index >= 15 is 0 Å². The van der Waals surface area contributed by atoms with E-state index in [0.717, 1.165) is 15.6 Å². The molecule has 7 nitrogen and oxygen atoms in total. The Labute approximate surface area is 158 Å². The molecule has 0 saturated carbocycles. The smallest absolute Gasteiger partial charge is 0.423 e. The molecule has 26 heavy (non-hydrogen) atoms. The lowest BCUT2D eigenvalue weighted by atomic mass is 9.80. The van der Waals surface area contributed by atoms with Crippen molar-refractivity contribution in [3.05, 3.63) is 64.8 Å². The zero-order valence-corrected chi connectivity index (χ0v) is 15.3. The molecule has 0 atom stereocenters. The van der Waals surface area contributed by atoms with Gasteiger partial charge in [-0.25, -0.2) is 4.68 Å². The highest BCUT2D eigenvalue weighted by Crippen LogP contribution is 2.19. The molecular weight excluding hydrogens is 399 g/mol. The minimum Gasteiger partial charge on any atom is -0.423 e. The minimum atomic E-state index is -1.49. The van der Waals surface area contributed by atoms with Gasteiger partial charge in [0.25, 0.3) is 0 Å².